The molecule has 0 saturated carbocycles. The maximum absolute atomic E-state index is 11.5. The molecule has 0 unspecified atom stereocenters. The number of alkyl halides is 2. The van der Waals surface area contributed by atoms with E-state index in [4.69, 9.17) is 0 Å². The summed E-state index contributed by atoms with van der Waals surface area (Å²) in [4.78, 5) is 0. The van der Waals surface area contributed by atoms with Crippen molar-refractivity contribution in [2.45, 2.75) is 7.77 Å². The average Bonchev–Trinajstić information content (AvgIpc) is 2.16. The minimum Gasteiger partial charge on any atom is -0.385 e. The van der Waals surface area contributed by atoms with Crippen molar-refractivity contribution in [3.05, 3.63) is 35.9 Å². The normalized spacial score (nSPS) is 18.1. The van der Waals surface area contributed by atoms with Crippen LogP contribution in [-0.4, -0.2) is 21.4 Å². The number of aliphatic hydroxyl groups excluding tert-OH is 1. The Labute approximate surface area is 111 Å². The van der Waals surface area contributed by atoms with Gasteiger partial charge in [-0.2, -0.15) is 0 Å². The second kappa shape index (κ2) is 4.68. The fourth-order valence-corrected chi connectivity index (χ4v) is 2.20. The van der Waals surface area contributed by atoms with Crippen LogP contribution in [0.2, 0.25) is 0 Å². The highest BCUT2D eigenvalue weighted by Crippen LogP contribution is 2.44. The van der Waals surface area contributed by atoms with Crippen molar-refractivity contribution < 1.29 is 13.5 Å². The van der Waals surface area contributed by atoms with Crippen LogP contribution >= 0.6 is 38.5 Å². The highest BCUT2D eigenvalue weighted by molar-refractivity contribution is 14.1. The molecule has 0 aliphatic rings. The van der Waals surface area contributed by atoms with Crippen LogP contribution in [0.1, 0.15) is 11.7 Å². The predicted octanol–water partition coefficient (Wildman–Crippen LogP) is 2.25. The van der Waals surface area contributed by atoms with Crippen LogP contribution in [0, 0.1) is 0 Å². The second-order valence-electron chi connectivity index (χ2n) is 3.15. The number of aliphatic hydroxyl groups is 1. The first kappa shape index (κ1) is 13.4. The van der Waals surface area contributed by atoms with Gasteiger partial charge < -0.3 is 5.11 Å². The van der Waals surface area contributed by atoms with Gasteiger partial charge in [-0.3, -0.25) is 0 Å². The van der Waals surface area contributed by atoms with E-state index in [2.05, 4.69) is 15.9 Å². The molecule has 0 aromatic heterocycles. The third kappa shape index (κ3) is 2.92. The van der Waals surface area contributed by atoms with E-state index in [1.54, 1.807) is 52.9 Å². The Balaban J connectivity index is 3.11. The number of hydrogen-bond acceptors (Lipinski definition) is 3. The lowest BCUT2D eigenvalue weighted by molar-refractivity contribution is 0.191. The molecule has 2 atom stereocenters. The molecule has 0 aliphatic carbocycles. The maximum Gasteiger partial charge on any atom is 0.206 e. The molecule has 0 aliphatic heterocycles. The predicted molar refractivity (Wildman–Crippen MR) is 71.9 cm³/mol. The standard InChI is InChI=1S/C9H10BrIO3S/c1-15(13,14)9(10,11)8(12)7-5-3-2-4-6-7/h2-6,8,12H,1H3/t8-,9+/m1/s1. The zero-order valence-electron chi connectivity index (χ0n) is 7.89. The van der Waals surface area contributed by atoms with Gasteiger partial charge in [0.15, 0.2) is 9.84 Å². The molecule has 0 bridgehead atoms. The van der Waals surface area contributed by atoms with Crippen LogP contribution in [0.5, 0.6) is 0 Å². The lowest BCUT2D eigenvalue weighted by atomic mass is 10.1. The van der Waals surface area contributed by atoms with Gasteiger partial charge in [-0.25, -0.2) is 8.42 Å². The van der Waals surface area contributed by atoms with Gasteiger partial charge in [0.05, 0.1) is 0 Å². The Morgan fingerprint density at radius 3 is 2.27 bits per heavy atom. The van der Waals surface area contributed by atoms with Crippen molar-refractivity contribution in [3.63, 3.8) is 0 Å². The van der Waals surface area contributed by atoms with Crippen molar-refractivity contribution in [1.82, 2.24) is 0 Å². The Morgan fingerprint density at radius 1 is 1.40 bits per heavy atom. The minimum absolute atomic E-state index is 0.564. The zero-order chi connectivity index (χ0) is 11.7. The number of sulfone groups is 1. The largest absolute Gasteiger partial charge is 0.385 e. The quantitative estimate of drug-likeness (QED) is 0.621. The van der Waals surface area contributed by atoms with Crippen molar-refractivity contribution in [2.24, 2.45) is 0 Å². The molecule has 1 aromatic rings. The highest BCUT2D eigenvalue weighted by Gasteiger charge is 2.43. The second-order valence-corrected chi connectivity index (χ2v) is 11.0. The summed E-state index contributed by atoms with van der Waals surface area (Å²) in [6, 6.07) is 8.68. The Kier molecular flexibility index (Phi) is 4.19. The van der Waals surface area contributed by atoms with E-state index in [9.17, 15) is 13.5 Å². The molecule has 1 aromatic carbocycles. The van der Waals surface area contributed by atoms with Crippen LogP contribution in [0.15, 0.2) is 30.3 Å². The molecule has 0 amide bonds. The molecular formula is C9H10BrIO3S. The van der Waals surface area contributed by atoms with Gasteiger partial charge in [-0.1, -0.05) is 46.3 Å². The molecule has 0 heterocycles. The average molecular weight is 405 g/mol. The molecule has 0 fully saturated rings. The number of halogens is 2. The summed E-state index contributed by atoms with van der Waals surface area (Å²) in [6.07, 6.45) is -0.0188. The minimum atomic E-state index is -3.40. The summed E-state index contributed by atoms with van der Waals surface area (Å²) >= 11 is 4.74. The van der Waals surface area contributed by atoms with Gasteiger partial charge >= 0.3 is 0 Å². The monoisotopic (exact) mass is 404 g/mol. The Morgan fingerprint density at radius 2 is 1.87 bits per heavy atom. The van der Waals surface area contributed by atoms with Crippen LogP contribution in [0.25, 0.3) is 0 Å². The topological polar surface area (TPSA) is 54.4 Å². The van der Waals surface area contributed by atoms with Crippen molar-refractivity contribution in [3.8, 4) is 0 Å². The molecule has 0 radical (unpaired) electrons. The molecular weight excluding hydrogens is 395 g/mol. The summed E-state index contributed by atoms with van der Waals surface area (Å²) in [7, 11) is -3.40. The van der Waals surface area contributed by atoms with Crippen molar-refractivity contribution >= 4 is 48.4 Å². The molecule has 84 valence electrons. The molecule has 3 nitrogen and oxygen atoms in total. The van der Waals surface area contributed by atoms with Crippen molar-refractivity contribution in [2.75, 3.05) is 6.26 Å². The SMILES string of the molecule is CS(=O)(=O)[C@@](Br)(I)[C@H](O)c1ccccc1. The van der Waals surface area contributed by atoms with Gasteiger partial charge in [0.2, 0.25) is 1.66 Å². The van der Waals surface area contributed by atoms with E-state index >= 15 is 0 Å². The summed E-state index contributed by atoms with van der Waals surface area (Å²) in [5.74, 6) is 0. The number of benzene rings is 1. The third-order valence-electron chi connectivity index (χ3n) is 1.93. The summed E-state index contributed by atoms with van der Waals surface area (Å²) in [5, 5.41) is 9.95. The van der Waals surface area contributed by atoms with E-state index in [0.717, 1.165) is 6.26 Å². The fourth-order valence-electron chi connectivity index (χ4n) is 1.03. The summed E-state index contributed by atoms with van der Waals surface area (Å²) in [5.41, 5.74) is 0.564. The first-order valence-electron chi connectivity index (χ1n) is 4.07. The van der Waals surface area contributed by atoms with Crippen LogP contribution in [0.3, 0.4) is 0 Å². The smallest absolute Gasteiger partial charge is 0.206 e. The van der Waals surface area contributed by atoms with Gasteiger partial charge in [0, 0.05) is 6.26 Å². The molecule has 0 saturated heterocycles. The maximum atomic E-state index is 11.5. The molecule has 6 heteroatoms. The first-order valence-corrected chi connectivity index (χ1v) is 7.83. The number of rotatable bonds is 3. The Bertz CT molecular complexity index is 430. The van der Waals surface area contributed by atoms with Gasteiger partial charge in [-0.05, 0) is 28.2 Å². The number of hydrogen-bond donors (Lipinski definition) is 1. The van der Waals surface area contributed by atoms with E-state index in [1.165, 1.54) is 0 Å². The summed E-state index contributed by atoms with van der Waals surface area (Å²) < 4.78 is 21.5. The zero-order valence-corrected chi connectivity index (χ0v) is 12.5. The van der Waals surface area contributed by atoms with E-state index in [0.29, 0.717) is 5.56 Å². The van der Waals surface area contributed by atoms with E-state index < -0.39 is 17.6 Å². The Hall–Kier alpha value is 0.340. The molecule has 1 rings (SSSR count). The lowest BCUT2D eigenvalue weighted by Gasteiger charge is -2.24. The van der Waals surface area contributed by atoms with E-state index in [-0.39, 0.29) is 0 Å². The van der Waals surface area contributed by atoms with Crippen LogP contribution in [0.4, 0.5) is 0 Å². The lowest BCUT2D eigenvalue weighted by Crippen LogP contribution is -2.31. The van der Waals surface area contributed by atoms with Gasteiger partial charge in [0.25, 0.3) is 0 Å². The molecule has 15 heavy (non-hydrogen) atoms. The fraction of sp³-hybridized carbons (Fsp3) is 0.333. The molecule has 0 spiro atoms. The van der Waals surface area contributed by atoms with Gasteiger partial charge in [-0.15, -0.1) is 0 Å². The first-order chi connectivity index (χ1) is 6.77. The summed E-state index contributed by atoms with van der Waals surface area (Å²) in [6.45, 7) is 0. The van der Waals surface area contributed by atoms with Gasteiger partial charge in [0.1, 0.15) is 6.10 Å². The van der Waals surface area contributed by atoms with Crippen LogP contribution < -0.4 is 0 Å². The van der Waals surface area contributed by atoms with Crippen molar-refractivity contribution in [1.29, 1.82) is 0 Å². The molecule has 1 N–H and O–H groups in total. The highest BCUT2D eigenvalue weighted by atomic mass is 127. The third-order valence-corrected chi connectivity index (χ3v) is 8.33. The van der Waals surface area contributed by atoms with Crippen LogP contribution in [-0.2, 0) is 9.84 Å². The van der Waals surface area contributed by atoms with E-state index in [1.807, 2.05) is 0 Å².